The van der Waals surface area contributed by atoms with Gasteiger partial charge in [-0.05, 0) is 36.8 Å². The van der Waals surface area contributed by atoms with Gasteiger partial charge in [-0.1, -0.05) is 67.1 Å². The third-order valence-corrected chi connectivity index (χ3v) is 4.71. The maximum Gasteiger partial charge on any atom is 0.313 e. The quantitative estimate of drug-likeness (QED) is 0.471. The summed E-state index contributed by atoms with van der Waals surface area (Å²) >= 11 is 0. The minimum absolute atomic E-state index is 0.0386. The summed E-state index contributed by atoms with van der Waals surface area (Å²) < 4.78 is 11.0. The summed E-state index contributed by atoms with van der Waals surface area (Å²) in [6.07, 6.45) is 5.10. The molecule has 2 atom stereocenters. The van der Waals surface area contributed by atoms with Crippen molar-refractivity contribution in [2.24, 2.45) is 5.92 Å². The number of esters is 1. The molecule has 1 aliphatic rings. The highest BCUT2D eigenvalue weighted by atomic mass is 16.6. The summed E-state index contributed by atoms with van der Waals surface area (Å²) in [6.45, 7) is 1.47. The Kier molecular flexibility index (Phi) is 6.63. The highest BCUT2D eigenvalue weighted by molar-refractivity contribution is 5.78. The highest BCUT2D eigenvalue weighted by Gasteiger charge is 2.41. The van der Waals surface area contributed by atoms with Crippen LogP contribution >= 0.6 is 0 Å². The maximum absolute atomic E-state index is 11.7. The molecule has 1 fully saturated rings. The van der Waals surface area contributed by atoms with Crippen LogP contribution in [0, 0.1) is 5.92 Å². The molecule has 0 amide bonds. The van der Waals surface area contributed by atoms with Gasteiger partial charge in [-0.3, -0.25) is 4.79 Å². The SMILES string of the molecule is O=C1O[C@@H](CCCCCOCc2ccccc2)[C@@H]1Cc1ccccc1. The van der Waals surface area contributed by atoms with E-state index in [2.05, 4.69) is 24.3 Å². The van der Waals surface area contributed by atoms with Gasteiger partial charge in [0.25, 0.3) is 0 Å². The van der Waals surface area contributed by atoms with Crippen molar-refractivity contribution in [3.05, 3.63) is 71.8 Å². The first kappa shape index (κ1) is 17.7. The van der Waals surface area contributed by atoms with Crippen LogP contribution < -0.4 is 0 Å². The van der Waals surface area contributed by atoms with Crippen molar-refractivity contribution in [3.63, 3.8) is 0 Å². The molecule has 0 bridgehead atoms. The number of hydrogen-bond donors (Lipinski definition) is 0. The Morgan fingerprint density at radius 1 is 0.840 bits per heavy atom. The molecule has 0 radical (unpaired) electrons. The Morgan fingerprint density at radius 3 is 2.20 bits per heavy atom. The molecule has 2 aromatic carbocycles. The van der Waals surface area contributed by atoms with E-state index in [1.54, 1.807) is 0 Å². The molecule has 132 valence electrons. The Labute approximate surface area is 150 Å². The molecule has 1 heterocycles. The van der Waals surface area contributed by atoms with Gasteiger partial charge in [-0.15, -0.1) is 0 Å². The van der Waals surface area contributed by atoms with Crippen LogP contribution in [0.5, 0.6) is 0 Å². The predicted molar refractivity (Wildman–Crippen MR) is 98.1 cm³/mol. The molecule has 25 heavy (non-hydrogen) atoms. The Hall–Kier alpha value is -2.13. The van der Waals surface area contributed by atoms with E-state index in [0.717, 1.165) is 38.7 Å². The largest absolute Gasteiger partial charge is 0.461 e. The van der Waals surface area contributed by atoms with Gasteiger partial charge < -0.3 is 9.47 Å². The standard InChI is InChI=1S/C22H26O3/c23-22-20(16-18-10-4-1-5-11-18)21(25-22)14-8-3-9-15-24-17-19-12-6-2-7-13-19/h1-2,4-7,10-13,20-21H,3,8-9,14-17H2/t20-,21-/m0/s1. The zero-order valence-electron chi connectivity index (χ0n) is 14.6. The Morgan fingerprint density at radius 2 is 1.52 bits per heavy atom. The fraction of sp³-hybridized carbons (Fsp3) is 0.409. The minimum atomic E-state index is -0.0416. The smallest absolute Gasteiger partial charge is 0.313 e. The summed E-state index contributed by atoms with van der Waals surface area (Å²) in [5, 5.41) is 0. The average Bonchev–Trinajstić information content (AvgIpc) is 2.66. The number of benzene rings is 2. The number of carbonyl (C=O) groups excluding carboxylic acids is 1. The fourth-order valence-corrected chi connectivity index (χ4v) is 3.23. The van der Waals surface area contributed by atoms with Crippen molar-refractivity contribution in [1.82, 2.24) is 0 Å². The molecule has 0 saturated carbocycles. The lowest BCUT2D eigenvalue weighted by atomic mass is 9.87. The van der Waals surface area contributed by atoms with Crippen LogP contribution in [-0.2, 0) is 27.3 Å². The normalized spacial score (nSPS) is 19.3. The number of unbranched alkanes of at least 4 members (excludes halogenated alkanes) is 2. The summed E-state index contributed by atoms with van der Waals surface area (Å²) in [7, 11) is 0. The van der Waals surface area contributed by atoms with Crippen molar-refractivity contribution in [3.8, 4) is 0 Å². The van der Waals surface area contributed by atoms with Gasteiger partial charge in [0.15, 0.2) is 0 Å². The topological polar surface area (TPSA) is 35.5 Å². The molecule has 0 aromatic heterocycles. The van der Waals surface area contributed by atoms with E-state index < -0.39 is 0 Å². The molecule has 0 aliphatic carbocycles. The van der Waals surface area contributed by atoms with Crippen LogP contribution in [0.25, 0.3) is 0 Å². The Bertz CT molecular complexity index is 639. The van der Waals surface area contributed by atoms with Crippen LogP contribution in [0.1, 0.15) is 36.8 Å². The zero-order chi connectivity index (χ0) is 17.3. The third kappa shape index (κ3) is 5.43. The van der Waals surface area contributed by atoms with E-state index in [1.807, 2.05) is 36.4 Å². The first-order chi connectivity index (χ1) is 12.3. The number of hydrogen-bond acceptors (Lipinski definition) is 3. The summed E-state index contributed by atoms with van der Waals surface area (Å²) in [6, 6.07) is 20.4. The molecule has 1 aliphatic heterocycles. The first-order valence-electron chi connectivity index (χ1n) is 9.19. The first-order valence-corrected chi connectivity index (χ1v) is 9.19. The molecule has 3 rings (SSSR count). The lowest BCUT2D eigenvalue weighted by Gasteiger charge is -2.35. The molecule has 0 N–H and O–H groups in total. The lowest BCUT2D eigenvalue weighted by Crippen LogP contribution is -2.46. The number of cyclic esters (lactones) is 1. The second-order valence-corrected chi connectivity index (χ2v) is 6.66. The fourth-order valence-electron chi connectivity index (χ4n) is 3.23. The zero-order valence-corrected chi connectivity index (χ0v) is 14.6. The van der Waals surface area contributed by atoms with E-state index in [1.165, 1.54) is 11.1 Å². The van der Waals surface area contributed by atoms with Crippen molar-refractivity contribution in [1.29, 1.82) is 0 Å². The van der Waals surface area contributed by atoms with Gasteiger partial charge in [0.05, 0.1) is 12.5 Å². The van der Waals surface area contributed by atoms with Gasteiger partial charge in [-0.2, -0.15) is 0 Å². The second kappa shape index (κ2) is 9.38. The van der Waals surface area contributed by atoms with Crippen molar-refractivity contribution in [2.45, 2.75) is 44.8 Å². The van der Waals surface area contributed by atoms with Crippen LogP contribution in [0.4, 0.5) is 0 Å². The van der Waals surface area contributed by atoms with E-state index in [0.29, 0.717) is 6.61 Å². The van der Waals surface area contributed by atoms with Crippen LogP contribution in [-0.4, -0.2) is 18.7 Å². The number of rotatable bonds is 10. The second-order valence-electron chi connectivity index (χ2n) is 6.66. The minimum Gasteiger partial charge on any atom is -0.461 e. The number of ether oxygens (including phenoxy) is 2. The number of carbonyl (C=O) groups is 1. The van der Waals surface area contributed by atoms with E-state index in [-0.39, 0.29) is 18.0 Å². The van der Waals surface area contributed by atoms with Gasteiger partial charge in [0, 0.05) is 6.61 Å². The van der Waals surface area contributed by atoms with Crippen LogP contribution in [0.15, 0.2) is 60.7 Å². The van der Waals surface area contributed by atoms with Gasteiger partial charge in [0.2, 0.25) is 0 Å². The molecule has 0 spiro atoms. The van der Waals surface area contributed by atoms with Crippen LogP contribution in [0.2, 0.25) is 0 Å². The van der Waals surface area contributed by atoms with Crippen molar-refractivity contribution in [2.75, 3.05) is 6.61 Å². The van der Waals surface area contributed by atoms with Crippen LogP contribution in [0.3, 0.4) is 0 Å². The molecular weight excluding hydrogens is 312 g/mol. The van der Waals surface area contributed by atoms with E-state index >= 15 is 0 Å². The molecule has 3 nitrogen and oxygen atoms in total. The van der Waals surface area contributed by atoms with E-state index in [9.17, 15) is 4.79 Å². The average molecular weight is 338 g/mol. The molecule has 1 saturated heterocycles. The van der Waals surface area contributed by atoms with Gasteiger partial charge in [0.1, 0.15) is 6.10 Å². The molecule has 0 unspecified atom stereocenters. The molecular formula is C22H26O3. The summed E-state index contributed by atoms with van der Waals surface area (Å²) in [5.41, 5.74) is 2.43. The monoisotopic (exact) mass is 338 g/mol. The van der Waals surface area contributed by atoms with Crippen molar-refractivity contribution >= 4 is 5.97 Å². The maximum atomic E-state index is 11.7. The molecule has 3 heteroatoms. The molecule has 2 aromatic rings. The highest BCUT2D eigenvalue weighted by Crippen LogP contribution is 2.30. The Balaban J connectivity index is 1.27. The lowest BCUT2D eigenvalue weighted by molar-refractivity contribution is -0.185. The summed E-state index contributed by atoms with van der Waals surface area (Å²) in [5.74, 6) is -0.00298. The summed E-state index contributed by atoms with van der Waals surface area (Å²) in [4.78, 5) is 11.7. The van der Waals surface area contributed by atoms with Crippen molar-refractivity contribution < 1.29 is 14.3 Å². The predicted octanol–water partition coefficient (Wildman–Crippen LogP) is 4.55. The van der Waals surface area contributed by atoms with Gasteiger partial charge in [-0.25, -0.2) is 0 Å². The third-order valence-electron chi connectivity index (χ3n) is 4.71. The van der Waals surface area contributed by atoms with Gasteiger partial charge >= 0.3 is 5.97 Å². The van der Waals surface area contributed by atoms with E-state index in [4.69, 9.17) is 9.47 Å².